The van der Waals surface area contributed by atoms with E-state index in [4.69, 9.17) is 0 Å². The van der Waals surface area contributed by atoms with Crippen molar-refractivity contribution in [1.82, 2.24) is 10.6 Å². The second-order valence-corrected chi connectivity index (χ2v) is 2.16. The lowest BCUT2D eigenvalue weighted by atomic mass is 10.3. The highest BCUT2D eigenvalue weighted by Gasteiger charge is 1.73. The molecule has 10 heavy (non-hydrogen) atoms. The van der Waals surface area contributed by atoms with Crippen molar-refractivity contribution in [3.63, 3.8) is 0 Å². The van der Waals surface area contributed by atoms with Crippen molar-refractivity contribution in [2.45, 2.75) is 26.7 Å². The second kappa shape index (κ2) is 16.0. The molecule has 0 aromatic carbocycles. The van der Waals surface area contributed by atoms with Crippen LogP contribution in [0.15, 0.2) is 0 Å². The van der Waals surface area contributed by atoms with Crippen LogP contribution in [0.3, 0.4) is 0 Å². The zero-order valence-electron chi connectivity index (χ0n) is 7.83. The first kappa shape index (κ1) is 12.6. The Kier molecular flexibility index (Phi) is 20.1. The SMILES string of the molecule is CCCCNC.CCNC. The van der Waals surface area contributed by atoms with Crippen LogP contribution < -0.4 is 10.6 Å². The standard InChI is InChI=1S/C5H13N.C3H9N/c1-3-4-5-6-2;1-3-4-2/h6H,3-5H2,1-2H3;4H,3H2,1-2H3. The van der Waals surface area contributed by atoms with Gasteiger partial charge in [0.2, 0.25) is 0 Å². The molecule has 0 heterocycles. The first-order chi connectivity index (χ1) is 4.83. The third kappa shape index (κ3) is 24.7. The van der Waals surface area contributed by atoms with Crippen molar-refractivity contribution < 1.29 is 0 Å². The van der Waals surface area contributed by atoms with Gasteiger partial charge in [-0.3, -0.25) is 0 Å². The van der Waals surface area contributed by atoms with Gasteiger partial charge >= 0.3 is 0 Å². The Labute approximate surface area is 65.4 Å². The number of hydrogen-bond acceptors (Lipinski definition) is 2. The fraction of sp³-hybridized carbons (Fsp3) is 1.00. The monoisotopic (exact) mass is 146 g/mol. The maximum Gasteiger partial charge on any atom is -0.00520 e. The van der Waals surface area contributed by atoms with Crippen LogP contribution in [0.2, 0.25) is 0 Å². The van der Waals surface area contributed by atoms with Crippen LogP contribution in [-0.4, -0.2) is 27.2 Å². The minimum absolute atomic E-state index is 1.07. The molecule has 0 bridgehead atoms. The molecule has 2 nitrogen and oxygen atoms in total. The highest BCUT2D eigenvalue weighted by molar-refractivity contribution is 4.34. The number of nitrogens with one attached hydrogen (secondary N) is 2. The van der Waals surface area contributed by atoms with Crippen molar-refractivity contribution in [3.8, 4) is 0 Å². The quantitative estimate of drug-likeness (QED) is 0.583. The maximum absolute atomic E-state index is 3.07. The van der Waals surface area contributed by atoms with Crippen LogP contribution in [0, 0.1) is 0 Å². The van der Waals surface area contributed by atoms with Gasteiger partial charge in [-0.25, -0.2) is 0 Å². The van der Waals surface area contributed by atoms with E-state index in [1.54, 1.807) is 0 Å². The predicted molar refractivity (Wildman–Crippen MR) is 48.4 cm³/mol. The maximum atomic E-state index is 3.07. The minimum atomic E-state index is 1.07. The molecule has 2 N–H and O–H groups in total. The molecule has 2 heteroatoms. The second-order valence-electron chi connectivity index (χ2n) is 2.16. The van der Waals surface area contributed by atoms with E-state index >= 15 is 0 Å². The summed E-state index contributed by atoms with van der Waals surface area (Å²) < 4.78 is 0. The molecule has 0 aromatic rings. The zero-order valence-corrected chi connectivity index (χ0v) is 7.83. The fourth-order valence-corrected chi connectivity index (χ4v) is 0.354. The van der Waals surface area contributed by atoms with Crippen molar-refractivity contribution >= 4 is 0 Å². The lowest BCUT2D eigenvalue weighted by Crippen LogP contribution is -2.06. The Morgan fingerprint density at radius 2 is 1.50 bits per heavy atom. The molecule has 0 rings (SSSR count). The molecule has 0 spiro atoms. The molecule has 0 fully saturated rings. The van der Waals surface area contributed by atoms with Gasteiger partial charge in [0.05, 0.1) is 0 Å². The van der Waals surface area contributed by atoms with Crippen LogP contribution in [0.1, 0.15) is 26.7 Å². The van der Waals surface area contributed by atoms with E-state index in [2.05, 4.69) is 24.5 Å². The normalized spacial score (nSPS) is 8.40. The van der Waals surface area contributed by atoms with Gasteiger partial charge < -0.3 is 10.6 Å². The molecule has 0 amide bonds. The zero-order chi connectivity index (χ0) is 8.24. The van der Waals surface area contributed by atoms with Gasteiger partial charge in [0.15, 0.2) is 0 Å². The van der Waals surface area contributed by atoms with Crippen molar-refractivity contribution in [2.24, 2.45) is 0 Å². The summed E-state index contributed by atoms with van der Waals surface area (Å²) in [6.07, 6.45) is 2.59. The Morgan fingerprint density at radius 3 is 1.60 bits per heavy atom. The highest BCUT2D eigenvalue weighted by Crippen LogP contribution is 1.79. The van der Waals surface area contributed by atoms with Gasteiger partial charge in [0.1, 0.15) is 0 Å². The molecule has 0 saturated heterocycles. The first-order valence-electron chi connectivity index (χ1n) is 4.12. The van der Waals surface area contributed by atoms with Crippen LogP contribution in [0.4, 0.5) is 0 Å². The van der Waals surface area contributed by atoms with Crippen LogP contribution in [0.5, 0.6) is 0 Å². The van der Waals surface area contributed by atoms with Gasteiger partial charge in [0, 0.05) is 0 Å². The van der Waals surface area contributed by atoms with Crippen LogP contribution in [0.25, 0.3) is 0 Å². The van der Waals surface area contributed by atoms with Gasteiger partial charge in [0.25, 0.3) is 0 Å². The Hall–Kier alpha value is -0.0800. The Bertz CT molecular complexity index is 32.2. The van der Waals surface area contributed by atoms with E-state index in [0.29, 0.717) is 0 Å². The summed E-state index contributed by atoms with van der Waals surface area (Å²) in [5, 5.41) is 6.00. The van der Waals surface area contributed by atoms with E-state index in [9.17, 15) is 0 Å². The molecule has 0 atom stereocenters. The summed E-state index contributed by atoms with van der Waals surface area (Å²) in [6.45, 7) is 6.49. The van der Waals surface area contributed by atoms with Crippen molar-refractivity contribution in [3.05, 3.63) is 0 Å². The van der Waals surface area contributed by atoms with E-state index < -0.39 is 0 Å². The average molecular weight is 146 g/mol. The van der Waals surface area contributed by atoms with E-state index in [0.717, 1.165) is 13.1 Å². The Balaban J connectivity index is 0. The number of hydrogen-bond donors (Lipinski definition) is 2. The molecule has 0 aliphatic carbocycles. The predicted octanol–water partition coefficient (Wildman–Crippen LogP) is 1.23. The third-order valence-electron chi connectivity index (χ3n) is 1.13. The fourth-order valence-electron chi connectivity index (χ4n) is 0.354. The van der Waals surface area contributed by atoms with Gasteiger partial charge in [-0.2, -0.15) is 0 Å². The number of unbranched alkanes of at least 4 members (excludes halogenated alkanes) is 1. The molecular formula is C8H22N2. The first-order valence-corrected chi connectivity index (χ1v) is 4.12. The molecular weight excluding hydrogens is 124 g/mol. The topological polar surface area (TPSA) is 24.1 Å². The Morgan fingerprint density at radius 1 is 1.00 bits per heavy atom. The summed E-state index contributed by atoms with van der Waals surface area (Å²) >= 11 is 0. The summed E-state index contributed by atoms with van der Waals surface area (Å²) in [6, 6.07) is 0. The van der Waals surface area contributed by atoms with Crippen molar-refractivity contribution in [2.75, 3.05) is 27.2 Å². The van der Waals surface area contributed by atoms with Crippen LogP contribution >= 0.6 is 0 Å². The molecule has 0 saturated carbocycles. The summed E-state index contributed by atoms with van der Waals surface area (Å²) in [5.41, 5.74) is 0. The third-order valence-corrected chi connectivity index (χ3v) is 1.13. The van der Waals surface area contributed by atoms with Crippen LogP contribution in [-0.2, 0) is 0 Å². The van der Waals surface area contributed by atoms with E-state index in [-0.39, 0.29) is 0 Å². The average Bonchev–Trinajstić information content (AvgIpc) is 2.01. The lowest BCUT2D eigenvalue weighted by Gasteiger charge is -1.89. The molecule has 0 aromatic heterocycles. The highest BCUT2D eigenvalue weighted by atomic mass is 14.8. The molecule has 64 valence electrons. The van der Waals surface area contributed by atoms with E-state index in [1.807, 2.05) is 14.1 Å². The molecule has 0 aliphatic heterocycles. The minimum Gasteiger partial charge on any atom is -0.320 e. The smallest absolute Gasteiger partial charge is 0.00520 e. The summed E-state index contributed by atoms with van der Waals surface area (Å²) in [4.78, 5) is 0. The largest absolute Gasteiger partial charge is 0.320 e. The molecule has 0 aliphatic rings. The lowest BCUT2D eigenvalue weighted by molar-refractivity contribution is 0.711. The van der Waals surface area contributed by atoms with Crippen molar-refractivity contribution in [1.29, 1.82) is 0 Å². The molecule has 0 unspecified atom stereocenters. The van der Waals surface area contributed by atoms with Gasteiger partial charge in [-0.15, -0.1) is 0 Å². The number of rotatable bonds is 4. The van der Waals surface area contributed by atoms with Gasteiger partial charge in [-0.1, -0.05) is 20.3 Å². The molecule has 0 radical (unpaired) electrons. The van der Waals surface area contributed by atoms with Gasteiger partial charge in [-0.05, 0) is 33.6 Å². The summed E-state index contributed by atoms with van der Waals surface area (Å²) in [5.74, 6) is 0. The van der Waals surface area contributed by atoms with E-state index in [1.165, 1.54) is 12.8 Å². The summed E-state index contributed by atoms with van der Waals surface area (Å²) in [7, 11) is 3.91.